The van der Waals surface area contributed by atoms with E-state index in [1.165, 1.54) is 6.92 Å². The lowest BCUT2D eigenvalue weighted by Crippen LogP contribution is -2.09. The molecule has 0 bridgehead atoms. The van der Waals surface area contributed by atoms with Crippen molar-refractivity contribution in [2.45, 2.75) is 23.5 Å². The summed E-state index contributed by atoms with van der Waals surface area (Å²) >= 11 is 1.80. The highest BCUT2D eigenvalue weighted by Gasteiger charge is 2.23. The lowest BCUT2D eigenvalue weighted by atomic mass is 10.0. The van der Waals surface area contributed by atoms with Gasteiger partial charge >= 0.3 is 0 Å². The van der Waals surface area contributed by atoms with E-state index in [1.54, 1.807) is 26.0 Å². The number of thioether (sulfide) groups is 1. The number of hydrogen-bond donors (Lipinski definition) is 1. The van der Waals surface area contributed by atoms with Gasteiger partial charge in [-0.25, -0.2) is 0 Å². The summed E-state index contributed by atoms with van der Waals surface area (Å²) in [6.07, 6.45) is 0.734. The van der Waals surface area contributed by atoms with Gasteiger partial charge in [0.2, 0.25) is 5.91 Å². The first-order valence-electron chi connectivity index (χ1n) is 10.0. The number of carbonyl (C=O) groups is 1. The van der Waals surface area contributed by atoms with E-state index in [0.717, 1.165) is 39.5 Å². The minimum absolute atomic E-state index is 0.0935. The number of aliphatic imine (C=N–C) groups is 1. The molecule has 0 fully saturated rings. The van der Waals surface area contributed by atoms with Crippen LogP contribution < -0.4 is 14.8 Å². The van der Waals surface area contributed by atoms with Gasteiger partial charge in [0.1, 0.15) is 0 Å². The summed E-state index contributed by atoms with van der Waals surface area (Å²) in [6, 6.07) is 22.1. The predicted octanol–water partition coefficient (Wildman–Crippen LogP) is 6.02. The fraction of sp³-hybridized carbons (Fsp3) is 0.200. The lowest BCUT2D eigenvalue weighted by molar-refractivity contribution is -0.114. The van der Waals surface area contributed by atoms with Gasteiger partial charge in [-0.15, -0.1) is 11.8 Å². The molecule has 1 aliphatic heterocycles. The smallest absolute Gasteiger partial charge is 0.221 e. The molecule has 1 N–H and O–H groups in total. The van der Waals surface area contributed by atoms with Crippen molar-refractivity contribution in [2.75, 3.05) is 19.5 Å². The Morgan fingerprint density at radius 3 is 2.58 bits per heavy atom. The Hall–Kier alpha value is -3.25. The van der Waals surface area contributed by atoms with Crippen molar-refractivity contribution in [2.24, 2.45) is 4.99 Å². The molecule has 3 aromatic carbocycles. The molecular formula is C25H24N2O3S. The van der Waals surface area contributed by atoms with Crippen LogP contribution in [0.5, 0.6) is 11.5 Å². The van der Waals surface area contributed by atoms with Crippen LogP contribution in [0.25, 0.3) is 0 Å². The van der Waals surface area contributed by atoms with Gasteiger partial charge in [-0.1, -0.05) is 30.3 Å². The fourth-order valence-corrected chi connectivity index (χ4v) is 4.83. The summed E-state index contributed by atoms with van der Waals surface area (Å²) in [4.78, 5) is 17.6. The average Bonchev–Trinajstić information content (AvgIpc) is 2.98. The van der Waals surface area contributed by atoms with Crippen molar-refractivity contribution >= 4 is 34.8 Å². The quantitative estimate of drug-likeness (QED) is 0.536. The third-order valence-electron chi connectivity index (χ3n) is 5.06. The molecule has 5 nitrogen and oxygen atoms in total. The Morgan fingerprint density at radius 2 is 1.81 bits per heavy atom. The predicted molar refractivity (Wildman–Crippen MR) is 126 cm³/mol. The minimum atomic E-state index is -0.0935. The van der Waals surface area contributed by atoms with E-state index in [2.05, 4.69) is 17.4 Å². The molecule has 1 atom stereocenters. The number of benzene rings is 3. The molecule has 1 amide bonds. The van der Waals surface area contributed by atoms with Gasteiger partial charge in [0.15, 0.2) is 11.5 Å². The second kappa shape index (κ2) is 9.27. The summed E-state index contributed by atoms with van der Waals surface area (Å²) in [6.45, 7) is 1.51. The van der Waals surface area contributed by atoms with Gasteiger partial charge in [-0.2, -0.15) is 0 Å². The average molecular weight is 433 g/mol. The van der Waals surface area contributed by atoms with Gasteiger partial charge in [0.25, 0.3) is 0 Å². The Morgan fingerprint density at radius 1 is 1.00 bits per heavy atom. The molecule has 158 valence electrons. The van der Waals surface area contributed by atoms with Crippen molar-refractivity contribution in [1.82, 2.24) is 0 Å². The number of carbonyl (C=O) groups excluding carboxylic acids is 1. The Balaban J connectivity index is 1.76. The number of rotatable bonds is 5. The fourth-order valence-electron chi connectivity index (χ4n) is 3.61. The van der Waals surface area contributed by atoms with Crippen molar-refractivity contribution < 1.29 is 14.3 Å². The first kappa shape index (κ1) is 21.0. The SMILES string of the molecule is COc1ccc([C@H]2CC(c3cccc(NC(C)=O)c3)=Nc3ccccc3S2)cc1OC. The highest BCUT2D eigenvalue weighted by atomic mass is 32.2. The van der Waals surface area contributed by atoms with E-state index in [9.17, 15) is 4.79 Å². The first-order chi connectivity index (χ1) is 15.1. The molecule has 1 heterocycles. The first-order valence-corrected chi connectivity index (χ1v) is 10.9. The Kier molecular flexibility index (Phi) is 6.28. The molecule has 0 radical (unpaired) electrons. The number of methoxy groups -OCH3 is 2. The zero-order chi connectivity index (χ0) is 21.8. The van der Waals surface area contributed by atoms with Crippen molar-refractivity contribution in [1.29, 1.82) is 0 Å². The molecule has 1 aliphatic rings. The normalized spacial score (nSPS) is 15.3. The molecule has 4 rings (SSSR count). The van der Waals surface area contributed by atoms with Crippen LogP contribution in [0.3, 0.4) is 0 Å². The highest BCUT2D eigenvalue weighted by Crippen LogP contribution is 2.46. The molecule has 0 aliphatic carbocycles. The molecule has 0 unspecified atom stereocenters. The zero-order valence-corrected chi connectivity index (χ0v) is 18.5. The van der Waals surface area contributed by atoms with Gasteiger partial charge < -0.3 is 14.8 Å². The van der Waals surface area contributed by atoms with E-state index >= 15 is 0 Å². The molecule has 0 saturated heterocycles. The second-order valence-corrected chi connectivity index (χ2v) is 8.46. The van der Waals surface area contributed by atoms with Crippen LogP contribution in [-0.4, -0.2) is 25.8 Å². The number of fused-ring (bicyclic) bond motifs is 1. The number of amides is 1. The van der Waals surface area contributed by atoms with Gasteiger partial charge in [0.05, 0.1) is 19.9 Å². The monoisotopic (exact) mass is 432 g/mol. The van der Waals surface area contributed by atoms with Gasteiger partial charge in [-0.3, -0.25) is 9.79 Å². The molecule has 3 aromatic rings. The van der Waals surface area contributed by atoms with Crippen LogP contribution in [0, 0.1) is 0 Å². The van der Waals surface area contributed by atoms with Gasteiger partial charge in [0, 0.05) is 34.9 Å². The highest BCUT2D eigenvalue weighted by molar-refractivity contribution is 7.99. The van der Waals surface area contributed by atoms with E-state index in [1.807, 2.05) is 54.6 Å². The van der Waals surface area contributed by atoms with Crippen LogP contribution in [0.1, 0.15) is 29.7 Å². The summed E-state index contributed by atoms with van der Waals surface area (Å²) in [5.41, 5.74) is 4.83. The van der Waals surface area contributed by atoms with Crippen molar-refractivity contribution in [3.8, 4) is 11.5 Å². The topological polar surface area (TPSA) is 59.9 Å². The third kappa shape index (κ3) is 4.75. The van der Waals surface area contributed by atoms with E-state index in [-0.39, 0.29) is 11.2 Å². The van der Waals surface area contributed by atoms with E-state index in [0.29, 0.717) is 11.5 Å². The van der Waals surface area contributed by atoms with Crippen LogP contribution >= 0.6 is 11.8 Å². The van der Waals surface area contributed by atoms with E-state index < -0.39 is 0 Å². The van der Waals surface area contributed by atoms with E-state index in [4.69, 9.17) is 14.5 Å². The number of ether oxygens (including phenoxy) is 2. The van der Waals surface area contributed by atoms with Crippen LogP contribution in [0.2, 0.25) is 0 Å². The molecule has 6 heteroatoms. The second-order valence-electron chi connectivity index (χ2n) is 7.21. The molecular weight excluding hydrogens is 408 g/mol. The number of para-hydroxylation sites is 1. The standard InChI is InChI=1S/C25H24N2O3S/c1-16(28)26-19-8-6-7-17(13-19)21-15-25(31-24-10-5-4-9-20(24)27-21)18-11-12-22(29-2)23(14-18)30-3/h4-14,25H,15H2,1-3H3,(H,26,28)/t25-/m1/s1. The summed E-state index contributed by atoms with van der Waals surface area (Å²) < 4.78 is 10.9. The summed E-state index contributed by atoms with van der Waals surface area (Å²) in [5.74, 6) is 1.33. The van der Waals surface area contributed by atoms with Crippen LogP contribution in [-0.2, 0) is 4.79 Å². The summed E-state index contributed by atoms with van der Waals surface area (Å²) in [5, 5.41) is 3.01. The van der Waals surface area contributed by atoms with Gasteiger partial charge in [-0.05, 0) is 47.5 Å². The zero-order valence-electron chi connectivity index (χ0n) is 17.7. The lowest BCUT2D eigenvalue weighted by Gasteiger charge is -2.18. The Labute approximate surface area is 186 Å². The molecule has 31 heavy (non-hydrogen) atoms. The Bertz CT molecular complexity index is 1140. The maximum absolute atomic E-state index is 11.5. The number of hydrogen-bond acceptors (Lipinski definition) is 5. The number of nitrogens with zero attached hydrogens (tertiary/aromatic N) is 1. The molecule has 0 aromatic heterocycles. The van der Waals surface area contributed by atoms with Crippen LogP contribution in [0.4, 0.5) is 11.4 Å². The minimum Gasteiger partial charge on any atom is -0.493 e. The molecule has 0 spiro atoms. The number of nitrogens with one attached hydrogen (secondary N) is 1. The number of anilines is 1. The molecule has 0 saturated carbocycles. The maximum Gasteiger partial charge on any atom is 0.221 e. The third-order valence-corrected chi connectivity index (χ3v) is 6.39. The summed E-state index contributed by atoms with van der Waals surface area (Å²) in [7, 11) is 3.29. The maximum atomic E-state index is 11.5. The van der Waals surface area contributed by atoms with Crippen molar-refractivity contribution in [3.63, 3.8) is 0 Å². The van der Waals surface area contributed by atoms with Crippen molar-refractivity contribution in [3.05, 3.63) is 77.9 Å². The van der Waals surface area contributed by atoms with Crippen LogP contribution in [0.15, 0.2) is 76.6 Å². The largest absolute Gasteiger partial charge is 0.493 e.